The SMILES string of the molecule is CCOC(=O)C1=C(C)N=c2s/c(=C\c3cc(Cl)c(OCc4ccccc4)c(OC)c3)c(=O)n2[C@H]1c1ccc(OCC(=O)OC)c(OCC)c1. The molecule has 13 heteroatoms. The van der Waals surface area contributed by atoms with Gasteiger partial charge in [-0.1, -0.05) is 59.3 Å². The molecule has 49 heavy (non-hydrogen) atoms. The third-order valence-electron chi connectivity index (χ3n) is 7.45. The highest BCUT2D eigenvalue weighted by Crippen LogP contribution is 2.38. The Labute approximate surface area is 291 Å². The maximum absolute atomic E-state index is 14.2. The van der Waals surface area contributed by atoms with E-state index >= 15 is 0 Å². The molecule has 0 N–H and O–H groups in total. The van der Waals surface area contributed by atoms with Gasteiger partial charge in [0.25, 0.3) is 5.56 Å². The second-order valence-electron chi connectivity index (χ2n) is 10.6. The number of methoxy groups -OCH3 is 2. The van der Waals surface area contributed by atoms with E-state index in [4.69, 9.17) is 35.3 Å². The number of nitrogens with zero attached hydrogens (tertiary/aromatic N) is 2. The van der Waals surface area contributed by atoms with Crippen LogP contribution in [0.1, 0.15) is 43.5 Å². The van der Waals surface area contributed by atoms with Crippen molar-refractivity contribution < 1.29 is 38.0 Å². The highest BCUT2D eigenvalue weighted by atomic mass is 35.5. The molecule has 0 amide bonds. The number of allylic oxidation sites excluding steroid dienone is 1. The predicted octanol–water partition coefficient (Wildman–Crippen LogP) is 4.99. The molecule has 0 unspecified atom stereocenters. The first kappa shape index (κ1) is 35.2. The number of hydrogen-bond acceptors (Lipinski definition) is 11. The summed E-state index contributed by atoms with van der Waals surface area (Å²) in [6.07, 6.45) is 1.69. The maximum Gasteiger partial charge on any atom is 0.343 e. The summed E-state index contributed by atoms with van der Waals surface area (Å²) in [6, 6.07) is 17.2. The topological polar surface area (TPSA) is 124 Å². The molecule has 5 rings (SSSR count). The van der Waals surface area contributed by atoms with Crippen LogP contribution in [0.2, 0.25) is 5.02 Å². The van der Waals surface area contributed by atoms with E-state index in [0.717, 1.165) is 5.56 Å². The largest absolute Gasteiger partial charge is 0.493 e. The Morgan fingerprint density at radius 1 is 0.959 bits per heavy atom. The number of fused-ring (bicyclic) bond motifs is 1. The summed E-state index contributed by atoms with van der Waals surface area (Å²) in [6.45, 7) is 5.60. The highest BCUT2D eigenvalue weighted by Gasteiger charge is 2.34. The summed E-state index contributed by atoms with van der Waals surface area (Å²) in [7, 11) is 2.78. The van der Waals surface area contributed by atoms with Crippen molar-refractivity contribution in [1.82, 2.24) is 4.57 Å². The molecule has 1 aliphatic rings. The van der Waals surface area contributed by atoms with Gasteiger partial charge in [-0.25, -0.2) is 14.6 Å². The van der Waals surface area contributed by atoms with E-state index in [1.54, 1.807) is 57.2 Å². The first-order valence-electron chi connectivity index (χ1n) is 15.4. The van der Waals surface area contributed by atoms with Crippen LogP contribution in [0.4, 0.5) is 0 Å². The number of carbonyl (C=O) groups is 2. The van der Waals surface area contributed by atoms with E-state index in [1.165, 1.54) is 30.1 Å². The molecular formula is C36H35ClN2O9S. The molecule has 1 aliphatic heterocycles. The Bertz CT molecular complexity index is 2070. The molecule has 1 atom stereocenters. The number of rotatable bonds is 13. The Hall–Kier alpha value is -5.07. The molecule has 11 nitrogen and oxygen atoms in total. The van der Waals surface area contributed by atoms with Gasteiger partial charge >= 0.3 is 11.9 Å². The number of carbonyl (C=O) groups excluding carboxylic acids is 2. The summed E-state index contributed by atoms with van der Waals surface area (Å²) in [4.78, 5) is 44.3. The van der Waals surface area contributed by atoms with Crippen LogP contribution < -0.4 is 33.8 Å². The number of esters is 2. The van der Waals surface area contributed by atoms with Gasteiger partial charge in [-0.2, -0.15) is 0 Å². The van der Waals surface area contributed by atoms with Crippen molar-refractivity contribution in [3.8, 4) is 23.0 Å². The van der Waals surface area contributed by atoms with Crippen molar-refractivity contribution in [2.45, 2.75) is 33.4 Å². The normalized spacial score (nSPS) is 14.1. The summed E-state index contributed by atoms with van der Waals surface area (Å²) in [5, 5.41) is 0.311. The molecule has 0 spiro atoms. The molecular weight excluding hydrogens is 672 g/mol. The van der Waals surface area contributed by atoms with Crippen molar-refractivity contribution in [2.75, 3.05) is 34.0 Å². The lowest BCUT2D eigenvalue weighted by atomic mass is 9.95. The average molecular weight is 707 g/mol. The number of benzene rings is 3. The lowest BCUT2D eigenvalue weighted by molar-refractivity contribution is -0.143. The minimum Gasteiger partial charge on any atom is -0.493 e. The average Bonchev–Trinajstić information content (AvgIpc) is 3.40. The summed E-state index contributed by atoms with van der Waals surface area (Å²) in [5.41, 5.74) is 2.34. The van der Waals surface area contributed by atoms with Crippen LogP contribution in [0.5, 0.6) is 23.0 Å². The van der Waals surface area contributed by atoms with E-state index in [1.807, 2.05) is 30.3 Å². The Balaban J connectivity index is 1.59. The first-order valence-corrected chi connectivity index (χ1v) is 16.6. The molecule has 0 aliphatic carbocycles. The standard InChI is InChI=1S/C36H35ClN2O9S/c1-6-45-27-18-24(13-14-26(27)47-20-30(40)44-5)32-31(35(42)46-7-2)21(3)38-36-39(32)34(41)29(49-36)17-23-15-25(37)33(28(16-23)43-4)48-19-22-11-9-8-10-12-22/h8-18,32H,6-7,19-20H2,1-5H3/b29-17-/t32-/m0/s1. The third-order valence-corrected chi connectivity index (χ3v) is 8.71. The number of aromatic nitrogens is 1. The fraction of sp³-hybridized carbons (Fsp3) is 0.278. The predicted molar refractivity (Wildman–Crippen MR) is 184 cm³/mol. The van der Waals surface area contributed by atoms with Crippen LogP contribution in [-0.4, -0.2) is 50.5 Å². The third kappa shape index (κ3) is 7.82. The molecule has 0 radical (unpaired) electrons. The smallest absolute Gasteiger partial charge is 0.343 e. The Morgan fingerprint density at radius 3 is 2.43 bits per heavy atom. The minimum atomic E-state index is -0.904. The van der Waals surface area contributed by atoms with Gasteiger partial charge in [-0.15, -0.1) is 0 Å². The number of ether oxygens (including phenoxy) is 6. The van der Waals surface area contributed by atoms with Crippen molar-refractivity contribution in [1.29, 1.82) is 0 Å². The van der Waals surface area contributed by atoms with Crippen LogP contribution in [0.15, 0.2) is 81.7 Å². The van der Waals surface area contributed by atoms with Gasteiger partial charge in [0.1, 0.15) is 6.61 Å². The summed E-state index contributed by atoms with van der Waals surface area (Å²) in [5.74, 6) is 0.234. The maximum atomic E-state index is 14.2. The lowest BCUT2D eigenvalue weighted by Crippen LogP contribution is -2.40. The number of thiazole rings is 1. The van der Waals surface area contributed by atoms with Gasteiger partial charge in [0, 0.05) is 0 Å². The van der Waals surface area contributed by atoms with Crippen LogP contribution in [0, 0.1) is 0 Å². The van der Waals surface area contributed by atoms with E-state index in [9.17, 15) is 14.4 Å². The van der Waals surface area contributed by atoms with Gasteiger partial charge < -0.3 is 28.4 Å². The minimum absolute atomic E-state index is 0.130. The van der Waals surface area contributed by atoms with Crippen LogP contribution in [-0.2, 0) is 25.7 Å². The van der Waals surface area contributed by atoms with Crippen molar-refractivity contribution in [3.63, 3.8) is 0 Å². The fourth-order valence-electron chi connectivity index (χ4n) is 5.23. The zero-order valence-corrected chi connectivity index (χ0v) is 29.2. The first-order chi connectivity index (χ1) is 23.7. The monoisotopic (exact) mass is 706 g/mol. The van der Waals surface area contributed by atoms with Gasteiger partial charge in [0.15, 0.2) is 34.4 Å². The van der Waals surface area contributed by atoms with Crippen LogP contribution >= 0.6 is 22.9 Å². The zero-order chi connectivity index (χ0) is 35.1. The quantitative estimate of drug-likeness (QED) is 0.177. The number of hydrogen-bond donors (Lipinski definition) is 0. The van der Waals surface area contributed by atoms with Gasteiger partial charge in [0.05, 0.1) is 54.3 Å². The molecule has 0 bridgehead atoms. The van der Waals surface area contributed by atoms with Crippen LogP contribution in [0.25, 0.3) is 6.08 Å². The summed E-state index contributed by atoms with van der Waals surface area (Å²) >= 11 is 7.83. The molecule has 3 aromatic carbocycles. The van der Waals surface area contributed by atoms with E-state index < -0.39 is 18.0 Å². The number of halogens is 1. The zero-order valence-electron chi connectivity index (χ0n) is 27.6. The van der Waals surface area contributed by atoms with E-state index in [0.29, 0.717) is 67.4 Å². The lowest BCUT2D eigenvalue weighted by Gasteiger charge is -2.25. The fourth-order valence-corrected chi connectivity index (χ4v) is 6.55. The van der Waals surface area contributed by atoms with Crippen molar-refractivity contribution in [3.05, 3.63) is 113 Å². The van der Waals surface area contributed by atoms with Crippen molar-refractivity contribution in [2.24, 2.45) is 4.99 Å². The highest BCUT2D eigenvalue weighted by molar-refractivity contribution is 7.07. The summed E-state index contributed by atoms with van der Waals surface area (Å²) < 4.78 is 35.0. The van der Waals surface area contributed by atoms with Gasteiger partial charge in [0.2, 0.25) is 0 Å². The Morgan fingerprint density at radius 2 is 1.73 bits per heavy atom. The molecule has 0 saturated heterocycles. The molecule has 4 aromatic rings. The second-order valence-corrected chi connectivity index (χ2v) is 12.0. The van der Waals surface area contributed by atoms with Gasteiger partial charge in [-0.05, 0) is 67.8 Å². The van der Waals surface area contributed by atoms with Crippen LogP contribution in [0.3, 0.4) is 0 Å². The van der Waals surface area contributed by atoms with Crippen molar-refractivity contribution >= 4 is 41.0 Å². The molecule has 0 fully saturated rings. The molecule has 0 saturated carbocycles. The molecule has 256 valence electrons. The second kappa shape index (κ2) is 15.9. The molecule has 1 aromatic heterocycles. The molecule has 2 heterocycles. The van der Waals surface area contributed by atoms with E-state index in [-0.39, 0.29) is 24.3 Å². The van der Waals surface area contributed by atoms with E-state index in [2.05, 4.69) is 9.73 Å². The van der Waals surface area contributed by atoms with Gasteiger partial charge in [-0.3, -0.25) is 9.36 Å². The Kier molecular flexibility index (Phi) is 11.4.